The largest absolute Gasteiger partial charge is 0.478 e. The molecule has 0 aliphatic carbocycles. The van der Waals surface area contributed by atoms with Crippen molar-refractivity contribution in [2.24, 2.45) is 0 Å². The fourth-order valence-electron chi connectivity index (χ4n) is 1.64. The molecule has 2 aromatic rings. The molecule has 0 radical (unpaired) electrons. The smallest absolute Gasteiger partial charge is 0.339 e. The van der Waals surface area contributed by atoms with Gasteiger partial charge in [0.1, 0.15) is 17.1 Å². The van der Waals surface area contributed by atoms with Crippen LogP contribution in [0.2, 0.25) is 5.02 Å². The number of nitrogens with one attached hydrogen (secondary N) is 1. The number of aryl methyl sites for hydroxylation is 1. The highest BCUT2D eigenvalue weighted by atomic mass is 79.9. The van der Waals surface area contributed by atoms with Crippen molar-refractivity contribution in [1.29, 1.82) is 0 Å². The van der Waals surface area contributed by atoms with Crippen LogP contribution in [0, 0.1) is 6.92 Å². The summed E-state index contributed by atoms with van der Waals surface area (Å²) in [7, 11) is 0. The van der Waals surface area contributed by atoms with Crippen molar-refractivity contribution in [3.8, 4) is 0 Å². The molecule has 1 aromatic heterocycles. The lowest BCUT2D eigenvalue weighted by Gasteiger charge is -2.05. The predicted octanol–water partition coefficient (Wildman–Crippen LogP) is 4.31. The fraction of sp³-hybridized carbons (Fsp3) is 0.154. The number of hydrogen-bond donors (Lipinski definition) is 2. The zero-order valence-corrected chi connectivity index (χ0v) is 12.4. The molecule has 1 heterocycles. The second kappa shape index (κ2) is 5.67. The molecule has 0 fully saturated rings. The monoisotopic (exact) mass is 343 g/mol. The maximum atomic E-state index is 10.9. The van der Waals surface area contributed by atoms with Crippen molar-refractivity contribution in [2.75, 3.05) is 5.32 Å². The number of carbonyl (C=O) groups is 1. The van der Waals surface area contributed by atoms with Crippen LogP contribution in [0.15, 0.2) is 33.2 Å². The molecule has 100 valence electrons. The summed E-state index contributed by atoms with van der Waals surface area (Å²) in [6, 6.07) is 6.97. The molecule has 0 bridgehead atoms. The Hall–Kier alpha value is -1.46. The Bertz CT molecular complexity index is 624. The zero-order chi connectivity index (χ0) is 14.0. The average molecular weight is 345 g/mol. The van der Waals surface area contributed by atoms with Crippen molar-refractivity contribution >= 4 is 39.2 Å². The first-order valence-electron chi connectivity index (χ1n) is 5.49. The molecule has 0 saturated carbocycles. The first-order chi connectivity index (χ1) is 8.97. The molecular weight excluding hydrogens is 334 g/mol. The van der Waals surface area contributed by atoms with E-state index in [9.17, 15) is 4.79 Å². The van der Waals surface area contributed by atoms with Gasteiger partial charge in [-0.2, -0.15) is 0 Å². The summed E-state index contributed by atoms with van der Waals surface area (Å²) >= 11 is 9.23. The Labute approximate surface area is 123 Å². The molecular formula is C13H11BrClNO3. The normalized spacial score (nSPS) is 10.5. The zero-order valence-electron chi connectivity index (χ0n) is 10.0. The molecule has 0 saturated heterocycles. The van der Waals surface area contributed by atoms with E-state index >= 15 is 0 Å². The van der Waals surface area contributed by atoms with Crippen molar-refractivity contribution in [3.63, 3.8) is 0 Å². The van der Waals surface area contributed by atoms with E-state index in [4.69, 9.17) is 21.1 Å². The number of anilines is 1. The molecule has 2 rings (SSSR count). The molecule has 0 aliphatic rings. The maximum Gasteiger partial charge on any atom is 0.339 e. The molecule has 19 heavy (non-hydrogen) atoms. The Morgan fingerprint density at radius 1 is 1.47 bits per heavy atom. The number of benzene rings is 1. The summed E-state index contributed by atoms with van der Waals surface area (Å²) in [5, 5.41) is 12.7. The van der Waals surface area contributed by atoms with Crippen LogP contribution >= 0.6 is 27.5 Å². The molecule has 6 heteroatoms. The Balaban J connectivity index is 2.08. The minimum Gasteiger partial charge on any atom is -0.478 e. The number of halogens is 2. The van der Waals surface area contributed by atoms with E-state index in [1.165, 1.54) is 6.07 Å². The van der Waals surface area contributed by atoms with Crippen molar-refractivity contribution < 1.29 is 14.3 Å². The van der Waals surface area contributed by atoms with Gasteiger partial charge in [0.25, 0.3) is 0 Å². The SMILES string of the molecule is Cc1oc(CNc2ccc(Cl)c(Br)c2)cc1C(=O)O. The van der Waals surface area contributed by atoms with Crippen LogP contribution in [0.1, 0.15) is 21.9 Å². The number of furan rings is 1. The van der Waals surface area contributed by atoms with E-state index < -0.39 is 5.97 Å². The van der Waals surface area contributed by atoms with Gasteiger partial charge in [0.15, 0.2) is 0 Å². The molecule has 2 N–H and O–H groups in total. The van der Waals surface area contributed by atoms with Crippen molar-refractivity contribution in [2.45, 2.75) is 13.5 Å². The first-order valence-corrected chi connectivity index (χ1v) is 6.66. The number of aromatic carboxylic acids is 1. The summed E-state index contributed by atoms with van der Waals surface area (Å²) in [4.78, 5) is 10.9. The number of carboxylic acids is 1. The van der Waals surface area contributed by atoms with Gasteiger partial charge in [0.05, 0.1) is 11.6 Å². The average Bonchev–Trinajstić information content (AvgIpc) is 2.72. The lowest BCUT2D eigenvalue weighted by atomic mass is 10.2. The third-order valence-corrected chi connectivity index (χ3v) is 3.80. The molecule has 0 spiro atoms. The third-order valence-electron chi connectivity index (χ3n) is 2.59. The van der Waals surface area contributed by atoms with Crippen LogP contribution in [0.5, 0.6) is 0 Å². The van der Waals surface area contributed by atoms with Gasteiger partial charge in [-0.05, 0) is 47.1 Å². The molecule has 1 aromatic carbocycles. The first kappa shape index (κ1) is 14.0. The van der Waals surface area contributed by atoms with Gasteiger partial charge < -0.3 is 14.8 Å². The van der Waals surface area contributed by atoms with Crippen LogP contribution in [0.25, 0.3) is 0 Å². The van der Waals surface area contributed by atoms with Gasteiger partial charge in [-0.3, -0.25) is 0 Å². The lowest BCUT2D eigenvalue weighted by Crippen LogP contribution is -1.98. The van der Waals surface area contributed by atoms with Gasteiger partial charge in [-0.25, -0.2) is 4.79 Å². The van der Waals surface area contributed by atoms with Crippen molar-refractivity contribution in [3.05, 3.63) is 50.8 Å². The highest BCUT2D eigenvalue weighted by Crippen LogP contribution is 2.26. The van der Waals surface area contributed by atoms with E-state index in [1.54, 1.807) is 13.0 Å². The summed E-state index contributed by atoms with van der Waals surface area (Å²) in [6.07, 6.45) is 0. The molecule has 4 nitrogen and oxygen atoms in total. The second-order valence-corrected chi connectivity index (χ2v) is 5.23. The second-order valence-electron chi connectivity index (χ2n) is 3.97. The van der Waals surface area contributed by atoms with Gasteiger partial charge in [-0.1, -0.05) is 11.6 Å². The summed E-state index contributed by atoms with van der Waals surface area (Å²) < 4.78 is 6.16. The summed E-state index contributed by atoms with van der Waals surface area (Å²) in [5.41, 5.74) is 1.05. The van der Waals surface area contributed by atoms with Crippen LogP contribution in [-0.2, 0) is 6.54 Å². The number of carboxylic acid groups (broad SMARTS) is 1. The van der Waals surface area contributed by atoms with Gasteiger partial charge in [0.2, 0.25) is 0 Å². The maximum absolute atomic E-state index is 10.9. The van der Waals surface area contributed by atoms with Gasteiger partial charge in [-0.15, -0.1) is 0 Å². The minimum absolute atomic E-state index is 0.189. The minimum atomic E-state index is -0.985. The fourth-order valence-corrected chi connectivity index (χ4v) is 2.13. The van der Waals surface area contributed by atoms with E-state index in [-0.39, 0.29) is 5.56 Å². The third kappa shape index (κ3) is 3.30. The van der Waals surface area contributed by atoms with Gasteiger partial charge in [0, 0.05) is 10.2 Å². The Morgan fingerprint density at radius 3 is 2.79 bits per heavy atom. The Morgan fingerprint density at radius 2 is 2.21 bits per heavy atom. The van der Waals surface area contributed by atoms with Crippen LogP contribution in [0.4, 0.5) is 5.69 Å². The topological polar surface area (TPSA) is 62.5 Å². The van der Waals surface area contributed by atoms with E-state index in [1.807, 2.05) is 12.1 Å². The van der Waals surface area contributed by atoms with E-state index in [2.05, 4.69) is 21.2 Å². The lowest BCUT2D eigenvalue weighted by molar-refractivity contribution is 0.0695. The highest BCUT2D eigenvalue weighted by Gasteiger charge is 2.13. The van der Waals surface area contributed by atoms with E-state index in [0.717, 1.165) is 10.2 Å². The summed E-state index contributed by atoms with van der Waals surface area (Å²) in [5.74, 6) is -0.00991. The van der Waals surface area contributed by atoms with Crippen LogP contribution in [0.3, 0.4) is 0 Å². The van der Waals surface area contributed by atoms with Crippen LogP contribution in [-0.4, -0.2) is 11.1 Å². The Kier molecular flexibility index (Phi) is 4.17. The molecule has 0 amide bonds. The quantitative estimate of drug-likeness (QED) is 0.867. The summed E-state index contributed by atoms with van der Waals surface area (Å²) in [6.45, 7) is 2.04. The number of rotatable bonds is 4. The van der Waals surface area contributed by atoms with Crippen molar-refractivity contribution in [1.82, 2.24) is 0 Å². The highest BCUT2D eigenvalue weighted by molar-refractivity contribution is 9.10. The molecule has 0 unspecified atom stereocenters. The number of hydrogen-bond acceptors (Lipinski definition) is 3. The van der Waals surface area contributed by atoms with Crippen LogP contribution < -0.4 is 5.32 Å². The predicted molar refractivity (Wildman–Crippen MR) is 76.9 cm³/mol. The molecule has 0 atom stereocenters. The van der Waals surface area contributed by atoms with E-state index in [0.29, 0.717) is 23.1 Å². The molecule has 0 aliphatic heterocycles. The van der Waals surface area contributed by atoms with Gasteiger partial charge >= 0.3 is 5.97 Å². The standard InChI is InChI=1S/C13H11BrClNO3/c1-7-10(13(17)18)5-9(19-7)6-16-8-2-3-12(15)11(14)4-8/h2-5,16H,6H2,1H3,(H,17,18).